The van der Waals surface area contributed by atoms with E-state index in [1.807, 2.05) is 12.3 Å². The van der Waals surface area contributed by atoms with E-state index in [9.17, 15) is 0 Å². The minimum Gasteiger partial charge on any atom is -0.271 e. The third kappa shape index (κ3) is 2.34. The van der Waals surface area contributed by atoms with Gasteiger partial charge in [0.15, 0.2) is 0 Å². The summed E-state index contributed by atoms with van der Waals surface area (Å²) in [5, 5.41) is 1.23. The normalized spacial score (nSPS) is 29.1. The summed E-state index contributed by atoms with van der Waals surface area (Å²) in [6.07, 6.45) is 8.82. The van der Waals surface area contributed by atoms with E-state index in [4.69, 9.17) is 5.84 Å². The number of hydrazine groups is 1. The second-order valence-corrected chi connectivity index (χ2v) is 6.81. The molecule has 4 unspecified atom stereocenters. The molecule has 0 spiro atoms. The van der Waals surface area contributed by atoms with Crippen LogP contribution in [-0.4, -0.2) is 4.98 Å². The molecule has 0 aliphatic heterocycles. The van der Waals surface area contributed by atoms with E-state index >= 15 is 0 Å². The maximum atomic E-state index is 5.90. The van der Waals surface area contributed by atoms with Crippen LogP contribution in [0.1, 0.15) is 43.7 Å². The molecule has 0 saturated heterocycles. The highest BCUT2D eigenvalue weighted by Gasteiger charge is 2.40. The van der Waals surface area contributed by atoms with Crippen LogP contribution >= 0.6 is 0 Å². The third-order valence-corrected chi connectivity index (χ3v) is 5.68. The highest BCUT2D eigenvalue weighted by Crippen LogP contribution is 2.51. The van der Waals surface area contributed by atoms with E-state index in [0.29, 0.717) is 0 Å². The topological polar surface area (TPSA) is 50.9 Å². The van der Waals surface area contributed by atoms with Gasteiger partial charge in [-0.25, -0.2) is 0 Å². The van der Waals surface area contributed by atoms with Crippen molar-refractivity contribution >= 4 is 10.9 Å². The number of rotatable bonds is 4. The Labute approximate surface area is 125 Å². The van der Waals surface area contributed by atoms with Gasteiger partial charge in [0.05, 0.1) is 5.52 Å². The predicted molar refractivity (Wildman–Crippen MR) is 85.4 cm³/mol. The monoisotopic (exact) mass is 281 g/mol. The fourth-order valence-electron chi connectivity index (χ4n) is 4.67. The summed E-state index contributed by atoms with van der Waals surface area (Å²) in [5.74, 6) is 8.68. The molecule has 21 heavy (non-hydrogen) atoms. The van der Waals surface area contributed by atoms with Gasteiger partial charge in [-0.05, 0) is 61.1 Å². The Bertz CT molecular complexity index is 634. The van der Waals surface area contributed by atoms with Crippen LogP contribution in [0.15, 0.2) is 36.5 Å². The van der Waals surface area contributed by atoms with Crippen molar-refractivity contribution in [1.29, 1.82) is 0 Å². The largest absolute Gasteiger partial charge is 0.271 e. The predicted octanol–water partition coefficient (Wildman–Crippen LogP) is 3.57. The van der Waals surface area contributed by atoms with Crippen LogP contribution in [0.25, 0.3) is 10.9 Å². The molecule has 2 bridgehead atoms. The molecule has 3 heteroatoms. The van der Waals surface area contributed by atoms with Crippen LogP contribution in [-0.2, 0) is 0 Å². The zero-order valence-corrected chi connectivity index (χ0v) is 12.3. The lowest BCUT2D eigenvalue weighted by molar-refractivity contribution is 0.280. The molecule has 0 amide bonds. The van der Waals surface area contributed by atoms with Crippen LogP contribution in [0.3, 0.4) is 0 Å². The molecule has 1 heterocycles. The molecule has 2 fully saturated rings. The lowest BCUT2D eigenvalue weighted by Gasteiger charge is -2.27. The standard InChI is InChI=1S/C18H23N3/c19-21-18(11-14-10-12-5-6-13(14)9-12)16-7-8-20-17-4-2-1-3-15(16)17/h1-4,7-8,12-14,18,21H,5-6,9-11,19H2. The van der Waals surface area contributed by atoms with Gasteiger partial charge in [0.25, 0.3) is 0 Å². The number of fused-ring (bicyclic) bond motifs is 3. The van der Waals surface area contributed by atoms with E-state index in [1.165, 1.54) is 36.6 Å². The zero-order chi connectivity index (χ0) is 14.2. The van der Waals surface area contributed by atoms with Gasteiger partial charge in [-0.2, -0.15) is 0 Å². The van der Waals surface area contributed by atoms with Gasteiger partial charge < -0.3 is 0 Å². The summed E-state index contributed by atoms with van der Waals surface area (Å²) < 4.78 is 0. The first kappa shape index (κ1) is 13.2. The molecule has 4 atom stereocenters. The molecule has 4 rings (SSSR count). The van der Waals surface area contributed by atoms with Gasteiger partial charge >= 0.3 is 0 Å². The lowest BCUT2D eigenvalue weighted by Crippen LogP contribution is -2.31. The highest BCUT2D eigenvalue weighted by molar-refractivity contribution is 5.82. The molecule has 2 aromatic rings. The molecule has 1 aromatic heterocycles. The lowest BCUT2D eigenvalue weighted by atomic mass is 9.82. The number of hydrogen-bond donors (Lipinski definition) is 2. The number of pyridine rings is 1. The van der Waals surface area contributed by atoms with E-state index < -0.39 is 0 Å². The maximum Gasteiger partial charge on any atom is 0.0705 e. The number of aromatic nitrogens is 1. The molecule has 110 valence electrons. The Balaban J connectivity index is 1.62. The highest BCUT2D eigenvalue weighted by atomic mass is 15.2. The van der Waals surface area contributed by atoms with Gasteiger partial charge in [0.1, 0.15) is 0 Å². The average Bonchev–Trinajstić information content (AvgIpc) is 3.15. The maximum absolute atomic E-state index is 5.90. The van der Waals surface area contributed by atoms with Crippen LogP contribution in [0.2, 0.25) is 0 Å². The Morgan fingerprint density at radius 2 is 2.10 bits per heavy atom. The molecule has 3 nitrogen and oxygen atoms in total. The van der Waals surface area contributed by atoms with Crippen LogP contribution in [0.5, 0.6) is 0 Å². The first-order chi connectivity index (χ1) is 10.3. The van der Waals surface area contributed by atoms with Crippen LogP contribution in [0, 0.1) is 17.8 Å². The number of benzene rings is 1. The fourth-order valence-corrected chi connectivity index (χ4v) is 4.67. The van der Waals surface area contributed by atoms with Crippen molar-refractivity contribution in [3.8, 4) is 0 Å². The minimum absolute atomic E-state index is 0.238. The molecule has 2 aliphatic rings. The van der Waals surface area contributed by atoms with Gasteiger partial charge in [-0.1, -0.05) is 24.6 Å². The number of nitrogens with zero attached hydrogens (tertiary/aromatic N) is 1. The molecular formula is C18H23N3. The Morgan fingerprint density at radius 1 is 1.19 bits per heavy atom. The van der Waals surface area contributed by atoms with Crippen LogP contribution < -0.4 is 11.3 Å². The number of nitrogens with two attached hydrogens (primary N) is 1. The Morgan fingerprint density at radius 3 is 2.86 bits per heavy atom. The van der Waals surface area contributed by atoms with Crippen molar-refractivity contribution in [2.24, 2.45) is 23.6 Å². The zero-order valence-electron chi connectivity index (χ0n) is 12.3. The minimum atomic E-state index is 0.238. The van der Waals surface area contributed by atoms with Crippen LogP contribution in [0.4, 0.5) is 0 Å². The summed E-state index contributed by atoms with van der Waals surface area (Å²) in [5.41, 5.74) is 5.42. The van der Waals surface area contributed by atoms with Gasteiger partial charge in [0.2, 0.25) is 0 Å². The fraction of sp³-hybridized carbons (Fsp3) is 0.500. The summed E-state index contributed by atoms with van der Waals surface area (Å²) in [6, 6.07) is 10.7. The van der Waals surface area contributed by atoms with E-state index in [0.717, 1.165) is 29.7 Å². The summed E-state index contributed by atoms with van der Waals surface area (Å²) in [6.45, 7) is 0. The number of hydrogen-bond acceptors (Lipinski definition) is 3. The van der Waals surface area contributed by atoms with E-state index in [-0.39, 0.29) is 6.04 Å². The summed E-state index contributed by atoms with van der Waals surface area (Å²) >= 11 is 0. The SMILES string of the molecule is NNC(CC1CC2CCC1C2)c1ccnc2ccccc12. The summed E-state index contributed by atoms with van der Waals surface area (Å²) in [4.78, 5) is 4.46. The van der Waals surface area contributed by atoms with Crippen molar-refractivity contribution in [2.45, 2.75) is 38.1 Å². The molecule has 2 aliphatic carbocycles. The van der Waals surface area contributed by atoms with Crippen molar-refractivity contribution in [1.82, 2.24) is 10.4 Å². The second-order valence-electron chi connectivity index (χ2n) is 6.81. The van der Waals surface area contributed by atoms with E-state index in [2.05, 4.69) is 34.7 Å². The number of nitrogens with one attached hydrogen (secondary N) is 1. The molecule has 1 aromatic carbocycles. The molecule has 2 saturated carbocycles. The molecule has 3 N–H and O–H groups in total. The first-order valence-corrected chi connectivity index (χ1v) is 8.15. The van der Waals surface area contributed by atoms with Gasteiger partial charge in [-0.15, -0.1) is 0 Å². The quantitative estimate of drug-likeness (QED) is 0.665. The van der Waals surface area contributed by atoms with E-state index in [1.54, 1.807) is 0 Å². The molecule has 0 radical (unpaired) electrons. The van der Waals surface area contributed by atoms with Crippen molar-refractivity contribution in [2.75, 3.05) is 0 Å². The van der Waals surface area contributed by atoms with Gasteiger partial charge in [-0.3, -0.25) is 16.3 Å². The van der Waals surface area contributed by atoms with Crippen molar-refractivity contribution in [3.63, 3.8) is 0 Å². The number of para-hydroxylation sites is 1. The summed E-state index contributed by atoms with van der Waals surface area (Å²) in [7, 11) is 0. The molecular weight excluding hydrogens is 258 g/mol. The van der Waals surface area contributed by atoms with Crippen molar-refractivity contribution in [3.05, 3.63) is 42.1 Å². The average molecular weight is 281 g/mol. The Kier molecular flexibility index (Phi) is 3.40. The van der Waals surface area contributed by atoms with Gasteiger partial charge in [0, 0.05) is 17.6 Å². The first-order valence-electron chi connectivity index (χ1n) is 8.15. The van der Waals surface area contributed by atoms with Crippen molar-refractivity contribution < 1.29 is 0 Å². The third-order valence-electron chi connectivity index (χ3n) is 5.68. The second kappa shape index (κ2) is 5.39. The smallest absolute Gasteiger partial charge is 0.0705 e. The Hall–Kier alpha value is -1.45.